The molecular formula is C19H23NO2. The molecule has 2 aromatic carbocycles. The number of rotatable bonds is 5. The molecular weight excluding hydrogens is 274 g/mol. The fourth-order valence-electron chi connectivity index (χ4n) is 2.62. The highest BCUT2D eigenvalue weighted by Gasteiger charge is 2.16. The van der Waals surface area contributed by atoms with Gasteiger partial charge in [0.2, 0.25) is 0 Å². The number of carbonyl (C=O) groups excluding carboxylic acids is 1. The summed E-state index contributed by atoms with van der Waals surface area (Å²) in [6.07, 6.45) is 0.847. The van der Waals surface area contributed by atoms with Gasteiger partial charge in [-0.3, -0.25) is 4.79 Å². The largest absolute Gasteiger partial charge is 0.497 e. The number of nitrogens with one attached hydrogen (secondary N) is 1. The molecule has 0 aliphatic heterocycles. The van der Waals surface area contributed by atoms with Crippen molar-refractivity contribution in [3.63, 3.8) is 0 Å². The fourth-order valence-corrected chi connectivity index (χ4v) is 2.62. The van der Waals surface area contributed by atoms with Gasteiger partial charge < -0.3 is 10.1 Å². The van der Waals surface area contributed by atoms with Crippen LogP contribution in [0.15, 0.2) is 42.5 Å². The minimum atomic E-state index is -0.0780. The Labute approximate surface area is 132 Å². The van der Waals surface area contributed by atoms with Crippen molar-refractivity contribution in [1.82, 2.24) is 5.32 Å². The summed E-state index contributed by atoms with van der Waals surface area (Å²) in [5.74, 6) is 0.609. The molecule has 3 heteroatoms. The molecule has 0 aromatic heterocycles. The van der Waals surface area contributed by atoms with Gasteiger partial charge in [0.15, 0.2) is 0 Å². The Kier molecular flexibility index (Phi) is 5.21. The Morgan fingerprint density at radius 3 is 2.59 bits per heavy atom. The third-order valence-electron chi connectivity index (χ3n) is 3.85. The van der Waals surface area contributed by atoms with Crippen LogP contribution in [-0.2, 0) is 0 Å². The summed E-state index contributed by atoms with van der Waals surface area (Å²) in [5.41, 5.74) is 4.22. The van der Waals surface area contributed by atoms with E-state index in [1.165, 1.54) is 16.7 Å². The maximum absolute atomic E-state index is 12.5. The quantitative estimate of drug-likeness (QED) is 0.898. The van der Waals surface area contributed by atoms with E-state index in [0.29, 0.717) is 11.3 Å². The predicted octanol–water partition coefficient (Wildman–Crippen LogP) is 4.19. The number of hydrogen-bond donors (Lipinski definition) is 1. The maximum atomic E-state index is 12.5. The third kappa shape index (κ3) is 3.67. The second-order valence-electron chi connectivity index (χ2n) is 5.53. The zero-order valence-electron chi connectivity index (χ0n) is 13.6. The van der Waals surface area contributed by atoms with Gasteiger partial charge in [-0.05, 0) is 49.6 Å². The molecule has 2 rings (SSSR count). The van der Waals surface area contributed by atoms with Crippen LogP contribution in [0.3, 0.4) is 0 Å². The molecule has 3 nitrogen and oxygen atoms in total. The highest BCUT2D eigenvalue weighted by Crippen LogP contribution is 2.22. The van der Waals surface area contributed by atoms with Crippen LogP contribution in [0.4, 0.5) is 0 Å². The Balaban J connectivity index is 2.20. The van der Waals surface area contributed by atoms with Gasteiger partial charge >= 0.3 is 0 Å². The van der Waals surface area contributed by atoms with Crippen LogP contribution < -0.4 is 10.1 Å². The van der Waals surface area contributed by atoms with Crippen molar-refractivity contribution in [2.24, 2.45) is 0 Å². The van der Waals surface area contributed by atoms with E-state index in [-0.39, 0.29) is 11.9 Å². The molecule has 1 atom stereocenters. The molecule has 0 radical (unpaired) electrons. The lowest BCUT2D eigenvalue weighted by Crippen LogP contribution is -2.28. The number of amides is 1. The van der Waals surface area contributed by atoms with Crippen LogP contribution in [-0.4, -0.2) is 13.0 Å². The average Bonchev–Trinajstić information content (AvgIpc) is 2.53. The number of benzene rings is 2. The lowest BCUT2D eigenvalue weighted by Gasteiger charge is -2.20. The monoisotopic (exact) mass is 297 g/mol. The minimum Gasteiger partial charge on any atom is -0.497 e. The Bertz CT molecular complexity index is 664. The molecule has 22 heavy (non-hydrogen) atoms. The van der Waals surface area contributed by atoms with Crippen LogP contribution in [0.25, 0.3) is 0 Å². The van der Waals surface area contributed by atoms with Gasteiger partial charge in [0, 0.05) is 5.56 Å². The molecule has 1 amide bonds. The van der Waals surface area contributed by atoms with Crippen molar-refractivity contribution < 1.29 is 9.53 Å². The highest BCUT2D eigenvalue weighted by molar-refractivity contribution is 5.94. The first-order chi connectivity index (χ1) is 10.5. The Morgan fingerprint density at radius 1 is 1.18 bits per heavy atom. The van der Waals surface area contributed by atoms with Gasteiger partial charge in [0.1, 0.15) is 5.75 Å². The van der Waals surface area contributed by atoms with Crippen LogP contribution in [0.2, 0.25) is 0 Å². The molecule has 0 saturated carbocycles. The van der Waals surface area contributed by atoms with E-state index in [0.717, 1.165) is 6.42 Å². The first-order valence-corrected chi connectivity index (χ1v) is 7.57. The minimum absolute atomic E-state index is 0.0132. The fraction of sp³-hybridized carbons (Fsp3) is 0.316. The van der Waals surface area contributed by atoms with E-state index >= 15 is 0 Å². The number of methoxy groups -OCH3 is 1. The molecule has 0 aliphatic carbocycles. The third-order valence-corrected chi connectivity index (χ3v) is 3.85. The molecule has 1 N–H and O–H groups in total. The summed E-state index contributed by atoms with van der Waals surface area (Å²) < 4.78 is 5.17. The summed E-state index contributed by atoms with van der Waals surface area (Å²) in [5, 5.41) is 3.12. The van der Waals surface area contributed by atoms with Gasteiger partial charge in [-0.1, -0.05) is 36.8 Å². The van der Waals surface area contributed by atoms with E-state index in [2.05, 4.69) is 44.3 Å². The standard InChI is InChI=1S/C19H23NO2/c1-5-18(17-10-9-13(2)11-14(17)3)20-19(21)15-7-6-8-16(12-15)22-4/h6-12,18H,5H2,1-4H3,(H,20,21). The van der Waals surface area contributed by atoms with Crippen LogP contribution in [0.1, 0.15) is 46.4 Å². The molecule has 1 unspecified atom stereocenters. The number of carbonyl (C=O) groups is 1. The highest BCUT2D eigenvalue weighted by atomic mass is 16.5. The smallest absolute Gasteiger partial charge is 0.251 e. The predicted molar refractivity (Wildman–Crippen MR) is 89.4 cm³/mol. The molecule has 0 saturated heterocycles. The summed E-state index contributed by atoms with van der Waals surface area (Å²) in [4.78, 5) is 12.5. The summed E-state index contributed by atoms with van der Waals surface area (Å²) in [6.45, 7) is 6.24. The number of aryl methyl sites for hydroxylation is 2. The molecule has 0 bridgehead atoms. The van der Waals surface area contributed by atoms with E-state index in [1.54, 1.807) is 19.2 Å². The van der Waals surface area contributed by atoms with Crippen LogP contribution >= 0.6 is 0 Å². The van der Waals surface area contributed by atoms with Gasteiger partial charge in [0.05, 0.1) is 13.2 Å². The Hall–Kier alpha value is -2.29. The molecule has 0 aliphatic rings. The lowest BCUT2D eigenvalue weighted by molar-refractivity contribution is 0.0935. The van der Waals surface area contributed by atoms with Gasteiger partial charge in [-0.15, -0.1) is 0 Å². The second kappa shape index (κ2) is 7.12. The molecule has 2 aromatic rings. The van der Waals surface area contributed by atoms with Gasteiger partial charge in [-0.25, -0.2) is 0 Å². The van der Waals surface area contributed by atoms with Crippen molar-refractivity contribution in [2.45, 2.75) is 33.2 Å². The summed E-state index contributed by atoms with van der Waals surface area (Å²) in [6, 6.07) is 13.6. The topological polar surface area (TPSA) is 38.3 Å². The molecule has 0 fully saturated rings. The van der Waals surface area contributed by atoms with Gasteiger partial charge in [0.25, 0.3) is 5.91 Å². The molecule has 0 heterocycles. The zero-order valence-corrected chi connectivity index (χ0v) is 13.6. The van der Waals surface area contributed by atoms with Crippen molar-refractivity contribution >= 4 is 5.91 Å². The SMILES string of the molecule is CCC(NC(=O)c1cccc(OC)c1)c1ccc(C)cc1C. The first-order valence-electron chi connectivity index (χ1n) is 7.57. The zero-order chi connectivity index (χ0) is 16.1. The molecule has 116 valence electrons. The van der Waals surface area contributed by atoms with Crippen molar-refractivity contribution in [3.8, 4) is 5.75 Å². The second-order valence-corrected chi connectivity index (χ2v) is 5.53. The van der Waals surface area contributed by atoms with Crippen molar-refractivity contribution in [1.29, 1.82) is 0 Å². The van der Waals surface area contributed by atoms with Crippen molar-refractivity contribution in [2.75, 3.05) is 7.11 Å². The maximum Gasteiger partial charge on any atom is 0.251 e. The average molecular weight is 297 g/mol. The van der Waals surface area contributed by atoms with E-state index in [4.69, 9.17) is 4.74 Å². The van der Waals surface area contributed by atoms with E-state index < -0.39 is 0 Å². The normalized spacial score (nSPS) is 11.8. The van der Waals surface area contributed by atoms with E-state index in [9.17, 15) is 4.79 Å². The van der Waals surface area contributed by atoms with Crippen LogP contribution in [0, 0.1) is 13.8 Å². The van der Waals surface area contributed by atoms with Crippen LogP contribution in [0.5, 0.6) is 5.75 Å². The van der Waals surface area contributed by atoms with E-state index in [1.807, 2.05) is 12.1 Å². The van der Waals surface area contributed by atoms with Crippen molar-refractivity contribution in [3.05, 3.63) is 64.7 Å². The molecule has 0 spiro atoms. The summed E-state index contributed by atoms with van der Waals surface area (Å²) >= 11 is 0. The Morgan fingerprint density at radius 2 is 1.95 bits per heavy atom. The first kappa shape index (κ1) is 16.1. The lowest BCUT2D eigenvalue weighted by atomic mass is 9.97. The summed E-state index contributed by atoms with van der Waals surface area (Å²) in [7, 11) is 1.60. The van der Waals surface area contributed by atoms with Gasteiger partial charge in [-0.2, -0.15) is 0 Å². The number of ether oxygens (including phenoxy) is 1. The number of hydrogen-bond acceptors (Lipinski definition) is 2.